The van der Waals surface area contributed by atoms with E-state index in [1.54, 1.807) is 18.2 Å². The zero-order chi connectivity index (χ0) is 15.5. The van der Waals surface area contributed by atoms with Crippen molar-refractivity contribution >= 4 is 11.7 Å². The molecule has 0 aliphatic carbocycles. The number of hydrogen-bond acceptors (Lipinski definition) is 4. The van der Waals surface area contributed by atoms with E-state index in [2.05, 4.69) is 16.8 Å². The molecule has 2 fully saturated rings. The molecule has 1 unspecified atom stereocenters. The molecule has 2 saturated heterocycles. The van der Waals surface area contributed by atoms with Gasteiger partial charge < -0.3 is 15.5 Å². The number of aromatic nitrogens is 1. The first kappa shape index (κ1) is 15.3. The zero-order valence-electron chi connectivity index (χ0n) is 13.4. The summed E-state index contributed by atoms with van der Waals surface area (Å²) in [5.41, 5.74) is 6.13. The molecule has 3 rings (SSSR count). The largest absolute Gasteiger partial charge is 0.384 e. The van der Waals surface area contributed by atoms with E-state index >= 15 is 0 Å². The molecular weight excluding hydrogens is 276 g/mol. The maximum Gasteiger partial charge on any atom is 0.272 e. The fourth-order valence-corrected chi connectivity index (χ4v) is 3.76. The van der Waals surface area contributed by atoms with Crippen LogP contribution in [0.1, 0.15) is 43.1 Å². The molecule has 120 valence electrons. The maximum absolute atomic E-state index is 12.5. The Hall–Kier alpha value is -1.62. The minimum atomic E-state index is 0.0135. The molecule has 1 aromatic heterocycles. The second-order valence-electron chi connectivity index (χ2n) is 6.56. The third kappa shape index (κ3) is 3.24. The van der Waals surface area contributed by atoms with E-state index in [-0.39, 0.29) is 5.91 Å². The van der Waals surface area contributed by atoms with Crippen LogP contribution in [0, 0.1) is 5.92 Å². The molecule has 3 heterocycles. The summed E-state index contributed by atoms with van der Waals surface area (Å²) in [6.07, 6.45) is 4.85. The number of amides is 1. The van der Waals surface area contributed by atoms with Gasteiger partial charge >= 0.3 is 0 Å². The standard InChI is InChI=1S/C17H26N4O/c1-13(20-9-2-3-10-20)14-7-11-21(12-8-14)17(22)15-5-4-6-16(18)19-15/h4-6,13-14H,2-3,7-12H2,1H3,(H2,18,19). The molecule has 2 aliphatic heterocycles. The Morgan fingerprint density at radius 2 is 1.91 bits per heavy atom. The van der Waals surface area contributed by atoms with Crippen molar-refractivity contribution in [2.45, 2.75) is 38.6 Å². The van der Waals surface area contributed by atoms with Crippen molar-refractivity contribution in [3.05, 3.63) is 23.9 Å². The highest BCUT2D eigenvalue weighted by Crippen LogP contribution is 2.27. The van der Waals surface area contributed by atoms with Crippen LogP contribution in [-0.2, 0) is 0 Å². The molecule has 0 saturated carbocycles. The van der Waals surface area contributed by atoms with E-state index < -0.39 is 0 Å². The maximum atomic E-state index is 12.5. The second kappa shape index (κ2) is 6.65. The van der Waals surface area contributed by atoms with Crippen LogP contribution < -0.4 is 5.73 Å². The Morgan fingerprint density at radius 1 is 1.23 bits per heavy atom. The van der Waals surface area contributed by atoms with Crippen molar-refractivity contribution in [2.75, 3.05) is 31.9 Å². The number of piperidine rings is 1. The van der Waals surface area contributed by atoms with Crippen molar-refractivity contribution in [3.8, 4) is 0 Å². The second-order valence-corrected chi connectivity index (χ2v) is 6.56. The van der Waals surface area contributed by atoms with Crippen LogP contribution in [0.4, 0.5) is 5.82 Å². The van der Waals surface area contributed by atoms with Crippen molar-refractivity contribution in [2.24, 2.45) is 5.92 Å². The lowest BCUT2D eigenvalue weighted by atomic mass is 9.89. The van der Waals surface area contributed by atoms with Crippen LogP contribution in [0.25, 0.3) is 0 Å². The Labute approximate surface area is 132 Å². The van der Waals surface area contributed by atoms with Crippen molar-refractivity contribution in [3.63, 3.8) is 0 Å². The average molecular weight is 302 g/mol. The topological polar surface area (TPSA) is 62.5 Å². The predicted molar refractivity (Wildman–Crippen MR) is 87.5 cm³/mol. The van der Waals surface area contributed by atoms with Gasteiger partial charge in [0, 0.05) is 19.1 Å². The van der Waals surface area contributed by atoms with E-state index in [0.29, 0.717) is 23.5 Å². The first-order chi connectivity index (χ1) is 10.6. The molecule has 22 heavy (non-hydrogen) atoms. The normalized spacial score (nSPS) is 22.0. The fraction of sp³-hybridized carbons (Fsp3) is 0.647. The lowest BCUT2D eigenvalue weighted by Gasteiger charge is -2.38. The first-order valence-corrected chi connectivity index (χ1v) is 8.41. The van der Waals surface area contributed by atoms with E-state index in [1.165, 1.54) is 25.9 Å². The van der Waals surface area contributed by atoms with Gasteiger partial charge in [0.05, 0.1) is 0 Å². The molecule has 2 N–H and O–H groups in total. The fourth-order valence-electron chi connectivity index (χ4n) is 3.76. The molecule has 0 aromatic carbocycles. The van der Waals surface area contributed by atoms with Crippen LogP contribution >= 0.6 is 0 Å². The minimum Gasteiger partial charge on any atom is -0.384 e. The number of anilines is 1. The Bertz CT molecular complexity index is 519. The summed E-state index contributed by atoms with van der Waals surface area (Å²) in [4.78, 5) is 21.2. The number of nitrogens with two attached hydrogens (primary N) is 1. The van der Waals surface area contributed by atoms with Gasteiger partial charge in [-0.1, -0.05) is 6.07 Å². The van der Waals surface area contributed by atoms with Gasteiger partial charge in [0.15, 0.2) is 0 Å². The number of carbonyl (C=O) groups excluding carboxylic acids is 1. The molecule has 5 heteroatoms. The molecule has 1 aromatic rings. The van der Waals surface area contributed by atoms with Gasteiger partial charge in [0.1, 0.15) is 11.5 Å². The monoisotopic (exact) mass is 302 g/mol. The van der Waals surface area contributed by atoms with Gasteiger partial charge in [0.25, 0.3) is 5.91 Å². The number of pyridine rings is 1. The van der Waals surface area contributed by atoms with Gasteiger partial charge in [-0.25, -0.2) is 4.98 Å². The molecule has 1 amide bonds. The molecule has 0 radical (unpaired) electrons. The van der Waals surface area contributed by atoms with E-state index in [4.69, 9.17) is 5.73 Å². The van der Waals surface area contributed by atoms with Crippen LogP contribution in [0.5, 0.6) is 0 Å². The third-order valence-electron chi connectivity index (χ3n) is 5.22. The smallest absolute Gasteiger partial charge is 0.272 e. The van der Waals surface area contributed by atoms with Crippen molar-refractivity contribution in [1.29, 1.82) is 0 Å². The predicted octanol–water partition coefficient (Wildman–Crippen LogP) is 2.00. The first-order valence-electron chi connectivity index (χ1n) is 8.41. The minimum absolute atomic E-state index is 0.0135. The van der Waals surface area contributed by atoms with Gasteiger partial charge in [-0.2, -0.15) is 0 Å². The van der Waals surface area contributed by atoms with Crippen LogP contribution in [0.3, 0.4) is 0 Å². The number of nitrogen functional groups attached to an aromatic ring is 1. The molecular formula is C17H26N4O. The zero-order valence-corrected chi connectivity index (χ0v) is 13.4. The summed E-state index contributed by atoms with van der Waals surface area (Å²) in [5.74, 6) is 1.12. The van der Waals surface area contributed by atoms with Gasteiger partial charge in [0.2, 0.25) is 0 Å². The summed E-state index contributed by atoms with van der Waals surface area (Å²) in [7, 11) is 0. The number of hydrogen-bond donors (Lipinski definition) is 1. The van der Waals surface area contributed by atoms with Crippen molar-refractivity contribution in [1.82, 2.24) is 14.8 Å². The SMILES string of the molecule is CC(C1CCN(C(=O)c2cccc(N)n2)CC1)N1CCCC1. The van der Waals surface area contributed by atoms with Crippen molar-refractivity contribution < 1.29 is 4.79 Å². The highest BCUT2D eigenvalue weighted by Gasteiger charge is 2.30. The summed E-state index contributed by atoms with van der Waals surface area (Å²) < 4.78 is 0. The number of likely N-dealkylation sites (tertiary alicyclic amines) is 2. The van der Waals surface area contributed by atoms with Crippen LogP contribution in [-0.4, -0.2) is 52.9 Å². The van der Waals surface area contributed by atoms with E-state index in [0.717, 1.165) is 25.9 Å². The van der Waals surface area contributed by atoms with Crippen LogP contribution in [0.2, 0.25) is 0 Å². The Morgan fingerprint density at radius 3 is 2.55 bits per heavy atom. The summed E-state index contributed by atoms with van der Waals surface area (Å²) in [6.45, 7) is 6.50. The van der Waals surface area contributed by atoms with E-state index in [9.17, 15) is 4.79 Å². The molecule has 5 nitrogen and oxygen atoms in total. The average Bonchev–Trinajstić information content (AvgIpc) is 3.08. The number of nitrogens with zero attached hydrogens (tertiary/aromatic N) is 3. The quantitative estimate of drug-likeness (QED) is 0.927. The lowest BCUT2D eigenvalue weighted by Crippen LogP contribution is -2.45. The number of carbonyl (C=O) groups is 1. The highest BCUT2D eigenvalue weighted by molar-refractivity contribution is 5.92. The Kier molecular flexibility index (Phi) is 4.62. The number of rotatable bonds is 3. The molecule has 0 spiro atoms. The summed E-state index contributed by atoms with van der Waals surface area (Å²) >= 11 is 0. The van der Waals surface area contributed by atoms with Gasteiger partial charge in [-0.15, -0.1) is 0 Å². The van der Waals surface area contributed by atoms with E-state index in [1.807, 2.05) is 4.90 Å². The summed E-state index contributed by atoms with van der Waals surface area (Å²) in [6, 6.07) is 5.89. The van der Waals surface area contributed by atoms with Gasteiger partial charge in [-0.05, 0) is 63.7 Å². The highest BCUT2D eigenvalue weighted by atomic mass is 16.2. The Balaban J connectivity index is 1.56. The summed E-state index contributed by atoms with van der Waals surface area (Å²) in [5, 5.41) is 0. The molecule has 0 bridgehead atoms. The third-order valence-corrected chi connectivity index (χ3v) is 5.22. The van der Waals surface area contributed by atoms with Crippen LogP contribution in [0.15, 0.2) is 18.2 Å². The lowest BCUT2D eigenvalue weighted by molar-refractivity contribution is 0.0619. The van der Waals surface area contributed by atoms with Gasteiger partial charge in [-0.3, -0.25) is 4.79 Å². The molecule has 2 aliphatic rings. The molecule has 1 atom stereocenters.